The highest BCUT2D eigenvalue weighted by molar-refractivity contribution is 7.88. The van der Waals surface area contributed by atoms with Gasteiger partial charge in [0.15, 0.2) is 0 Å². The number of piperidine rings is 1. The van der Waals surface area contributed by atoms with Crippen LogP contribution in [-0.2, 0) is 10.0 Å². The van der Waals surface area contributed by atoms with E-state index in [1.54, 1.807) is 12.1 Å². The van der Waals surface area contributed by atoms with E-state index in [1.807, 2.05) is 6.92 Å². The minimum atomic E-state index is -3.16. The second-order valence-electron chi connectivity index (χ2n) is 6.00. The molecule has 0 spiro atoms. The highest BCUT2D eigenvalue weighted by Crippen LogP contribution is 2.28. The maximum Gasteiger partial charge on any atom is 0.211 e. The molecule has 1 aromatic rings. The van der Waals surface area contributed by atoms with Gasteiger partial charge in [-0.05, 0) is 38.2 Å². The molecule has 0 bridgehead atoms. The molecular formula is C15H23FN2O2S. The minimum Gasteiger partial charge on any atom is -0.324 e. The SMILES string of the molecule is Cc1ccc(F)c(C(N)CC2CCCN(S(C)(=O)=O)C2)c1. The van der Waals surface area contributed by atoms with Crippen molar-refractivity contribution in [1.29, 1.82) is 0 Å². The normalized spacial score (nSPS) is 22.2. The number of aryl methyl sites for hydroxylation is 1. The monoisotopic (exact) mass is 314 g/mol. The minimum absolute atomic E-state index is 0.184. The molecule has 21 heavy (non-hydrogen) atoms. The molecule has 0 amide bonds. The second kappa shape index (κ2) is 6.42. The highest BCUT2D eigenvalue weighted by Gasteiger charge is 2.27. The molecule has 1 saturated heterocycles. The van der Waals surface area contributed by atoms with Gasteiger partial charge < -0.3 is 5.73 Å². The van der Waals surface area contributed by atoms with Crippen LogP contribution in [0.25, 0.3) is 0 Å². The zero-order valence-corrected chi connectivity index (χ0v) is 13.4. The topological polar surface area (TPSA) is 63.4 Å². The summed E-state index contributed by atoms with van der Waals surface area (Å²) in [6, 6.07) is 4.54. The summed E-state index contributed by atoms with van der Waals surface area (Å²) >= 11 is 0. The summed E-state index contributed by atoms with van der Waals surface area (Å²) in [6.07, 6.45) is 3.61. The Hall–Kier alpha value is -0.980. The van der Waals surface area contributed by atoms with Crippen molar-refractivity contribution < 1.29 is 12.8 Å². The zero-order chi connectivity index (χ0) is 15.6. The molecule has 2 unspecified atom stereocenters. The van der Waals surface area contributed by atoms with Crippen molar-refractivity contribution in [1.82, 2.24) is 4.31 Å². The zero-order valence-electron chi connectivity index (χ0n) is 12.5. The molecule has 2 atom stereocenters. The van der Waals surface area contributed by atoms with E-state index >= 15 is 0 Å². The predicted octanol–water partition coefficient (Wildman–Crippen LogP) is 2.20. The Bertz CT molecular complexity index is 604. The summed E-state index contributed by atoms with van der Waals surface area (Å²) in [5.41, 5.74) is 7.64. The Balaban J connectivity index is 2.05. The van der Waals surface area contributed by atoms with Crippen LogP contribution in [0, 0.1) is 18.7 Å². The Kier molecular flexibility index (Phi) is 5.01. The fraction of sp³-hybridized carbons (Fsp3) is 0.600. The van der Waals surface area contributed by atoms with E-state index in [0.717, 1.165) is 18.4 Å². The van der Waals surface area contributed by atoms with Gasteiger partial charge >= 0.3 is 0 Å². The van der Waals surface area contributed by atoms with Gasteiger partial charge in [0.2, 0.25) is 10.0 Å². The standard InChI is InChI=1S/C15H23FN2O2S/c1-11-5-6-14(16)13(8-11)15(17)9-12-4-3-7-18(10-12)21(2,19)20/h5-6,8,12,15H,3-4,7,9-10,17H2,1-2H3. The van der Waals surface area contributed by atoms with Crippen LogP contribution in [0.2, 0.25) is 0 Å². The summed E-state index contributed by atoms with van der Waals surface area (Å²) in [4.78, 5) is 0. The number of halogens is 1. The van der Waals surface area contributed by atoms with Gasteiger partial charge in [0.1, 0.15) is 5.82 Å². The molecule has 0 saturated carbocycles. The summed E-state index contributed by atoms with van der Waals surface area (Å²) in [5, 5.41) is 0. The third-order valence-corrected chi connectivity index (χ3v) is 5.36. The van der Waals surface area contributed by atoms with Crippen molar-refractivity contribution in [3.05, 3.63) is 35.1 Å². The summed E-state index contributed by atoms with van der Waals surface area (Å²) in [6.45, 7) is 2.96. The number of benzene rings is 1. The summed E-state index contributed by atoms with van der Waals surface area (Å²) in [7, 11) is -3.16. The number of nitrogens with zero attached hydrogens (tertiary/aromatic N) is 1. The molecule has 0 aromatic heterocycles. The molecule has 2 N–H and O–H groups in total. The first-order chi connectivity index (χ1) is 9.77. The number of sulfonamides is 1. The van der Waals surface area contributed by atoms with E-state index in [9.17, 15) is 12.8 Å². The lowest BCUT2D eigenvalue weighted by atomic mass is 9.89. The maximum absolute atomic E-state index is 13.9. The van der Waals surface area contributed by atoms with Crippen LogP contribution in [-0.4, -0.2) is 32.1 Å². The lowest BCUT2D eigenvalue weighted by molar-refractivity contribution is 0.246. The van der Waals surface area contributed by atoms with E-state index in [1.165, 1.54) is 16.6 Å². The Morgan fingerprint density at radius 2 is 2.19 bits per heavy atom. The van der Waals surface area contributed by atoms with Crippen LogP contribution in [0.5, 0.6) is 0 Å². The van der Waals surface area contributed by atoms with E-state index in [-0.39, 0.29) is 11.7 Å². The number of hydrogen-bond donors (Lipinski definition) is 1. The van der Waals surface area contributed by atoms with Crippen molar-refractivity contribution in [2.75, 3.05) is 19.3 Å². The van der Waals surface area contributed by atoms with E-state index in [2.05, 4.69) is 0 Å². The molecule has 1 aliphatic heterocycles. The van der Waals surface area contributed by atoms with Crippen LogP contribution in [0.3, 0.4) is 0 Å². The van der Waals surface area contributed by atoms with E-state index in [4.69, 9.17) is 5.73 Å². The van der Waals surface area contributed by atoms with Gasteiger partial charge in [0.25, 0.3) is 0 Å². The van der Waals surface area contributed by atoms with Crippen molar-refractivity contribution in [2.45, 2.75) is 32.2 Å². The molecule has 1 heterocycles. The average Bonchev–Trinajstić information content (AvgIpc) is 2.41. The van der Waals surface area contributed by atoms with Crippen LogP contribution >= 0.6 is 0 Å². The molecular weight excluding hydrogens is 291 g/mol. The summed E-state index contributed by atoms with van der Waals surface area (Å²) in [5.74, 6) is -0.104. The van der Waals surface area contributed by atoms with E-state index < -0.39 is 16.1 Å². The molecule has 0 aliphatic carbocycles. The van der Waals surface area contributed by atoms with Crippen molar-refractivity contribution in [3.63, 3.8) is 0 Å². The number of rotatable bonds is 4. The summed E-state index contributed by atoms with van der Waals surface area (Å²) < 4.78 is 38.6. The quantitative estimate of drug-likeness (QED) is 0.926. The predicted molar refractivity (Wildman–Crippen MR) is 81.8 cm³/mol. The largest absolute Gasteiger partial charge is 0.324 e. The maximum atomic E-state index is 13.9. The molecule has 6 heteroatoms. The number of nitrogens with two attached hydrogens (primary N) is 1. The van der Waals surface area contributed by atoms with Crippen molar-refractivity contribution >= 4 is 10.0 Å². The molecule has 1 fully saturated rings. The van der Waals surface area contributed by atoms with E-state index in [0.29, 0.717) is 25.1 Å². The van der Waals surface area contributed by atoms with Crippen LogP contribution in [0.4, 0.5) is 4.39 Å². The van der Waals surface area contributed by atoms with Gasteiger partial charge in [0.05, 0.1) is 6.26 Å². The van der Waals surface area contributed by atoms with Crippen molar-refractivity contribution in [2.24, 2.45) is 11.7 Å². The van der Waals surface area contributed by atoms with Crippen LogP contribution < -0.4 is 5.73 Å². The van der Waals surface area contributed by atoms with Gasteiger partial charge in [-0.25, -0.2) is 17.1 Å². The van der Waals surface area contributed by atoms with Crippen LogP contribution in [0.15, 0.2) is 18.2 Å². The fourth-order valence-electron chi connectivity index (χ4n) is 2.95. The van der Waals surface area contributed by atoms with Gasteiger partial charge in [-0.1, -0.05) is 17.7 Å². The van der Waals surface area contributed by atoms with Gasteiger partial charge in [-0.2, -0.15) is 0 Å². The lowest BCUT2D eigenvalue weighted by Gasteiger charge is -2.32. The molecule has 1 aliphatic rings. The fourth-order valence-corrected chi connectivity index (χ4v) is 3.90. The van der Waals surface area contributed by atoms with Gasteiger partial charge in [-0.15, -0.1) is 0 Å². The molecule has 1 aromatic carbocycles. The molecule has 118 valence electrons. The van der Waals surface area contributed by atoms with Crippen molar-refractivity contribution in [3.8, 4) is 0 Å². The average molecular weight is 314 g/mol. The van der Waals surface area contributed by atoms with Gasteiger partial charge in [0, 0.05) is 24.7 Å². The molecule has 4 nitrogen and oxygen atoms in total. The molecule has 2 rings (SSSR count). The first-order valence-electron chi connectivity index (χ1n) is 7.24. The van der Waals surface area contributed by atoms with Crippen LogP contribution in [0.1, 0.15) is 36.4 Å². The first-order valence-corrected chi connectivity index (χ1v) is 9.09. The number of hydrogen-bond acceptors (Lipinski definition) is 3. The first kappa shape index (κ1) is 16.4. The Morgan fingerprint density at radius 3 is 2.86 bits per heavy atom. The smallest absolute Gasteiger partial charge is 0.211 e. The van der Waals surface area contributed by atoms with Gasteiger partial charge in [-0.3, -0.25) is 0 Å². The lowest BCUT2D eigenvalue weighted by Crippen LogP contribution is -2.40. The Labute approximate surface area is 126 Å². The molecule has 0 radical (unpaired) electrons. The Morgan fingerprint density at radius 1 is 1.48 bits per heavy atom. The highest BCUT2D eigenvalue weighted by atomic mass is 32.2. The third kappa shape index (κ3) is 4.25. The second-order valence-corrected chi connectivity index (χ2v) is 7.98. The third-order valence-electron chi connectivity index (χ3n) is 4.09.